The molecule has 19 heavy (non-hydrogen) atoms. The minimum absolute atomic E-state index is 0.0367. The Morgan fingerprint density at radius 2 is 1.89 bits per heavy atom. The first kappa shape index (κ1) is 13.5. The predicted molar refractivity (Wildman–Crippen MR) is 72.3 cm³/mol. The van der Waals surface area contributed by atoms with Crippen LogP contribution in [0.25, 0.3) is 0 Å². The maximum atomic E-state index is 11.6. The molecule has 102 valence electrons. The maximum Gasteiger partial charge on any atom is 0.225 e. The zero-order valence-corrected chi connectivity index (χ0v) is 10.8. The van der Waals surface area contributed by atoms with E-state index in [2.05, 4.69) is 16.0 Å². The van der Waals surface area contributed by atoms with Gasteiger partial charge in [-0.05, 0) is 5.56 Å². The number of hydrogen-bond acceptors (Lipinski definition) is 3. The van der Waals surface area contributed by atoms with Crippen LogP contribution in [0.1, 0.15) is 12.0 Å². The normalized spacial score (nSPS) is 14.5. The summed E-state index contributed by atoms with van der Waals surface area (Å²) in [5.41, 5.74) is 1.07. The van der Waals surface area contributed by atoms with Crippen molar-refractivity contribution < 1.29 is 9.59 Å². The first-order valence-electron chi connectivity index (χ1n) is 6.55. The molecule has 1 saturated heterocycles. The van der Waals surface area contributed by atoms with Gasteiger partial charge in [0.15, 0.2) is 0 Å². The van der Waals surface area contributed by atoms with E-state index in [0.29, 0.717) is 19.5 Å². The lowest BCUT2D eigenvalue weighted by molar-refractivity contribution is -0.126. The van der Waals surface area contributed by atoms with Gasteiger partial charge in [-0.1, -0.05) is 30.3 Å². The quantitative estimate of drug-likeness (QED) is 0.676. The number of amides is 2. The summed E-state index contributed by atoms with van der Waals surface area (Å²) >= 11 is 0. The molecule has 1 heterocycles. The van der Waals surface area contributed by atoms with Gasteiger partial charge in [0.2, 0.25) is 11.8 Å². The molecule has 0 aliphatic carbocycles. The number of nitrogens with one attached hydrogen (secondary N) is 3. The lowest BCUT2D eigenvalue weighted by atomic mass is 10.0. The van der Waals surface area contributed by atoms with Crippen LogP contribution >= 0.6 is 0 Å². The Morgan fingerprint density at radius 3 is 2.53 bits per heavy atom. The molecular formula is C14H19N3O2. The smallest absolute Gasteiger partial charge is 0.225 e. The van der Waals surface area contributed by atoms with Gasteiger partial charge in [0.1, 0.15) is 0 Å². The Hall–Kier alpha value is -1.88. The van der Waals surface area contributed by atoms with Crippen LogP contribution in [-0.4, -0.2) is 31.4 Å². The molecule has 0 spiro atoms. The first-order valence-corrected chi connectivity index (χ1v) is 6.55. The van der Waals surface area contributed by atoms with Gasteiger partial charge < -0.3 is 16.0 Å². The number of benzene rings is 1. The molecule has 5 nitrogen and oxygen atoms in total. The summed E-state index contributed by atoms with van der Waals surface area (Å²) in [4.78, 5) is 23.1. The topological polar surface area (TPSA) is 70.2 Å². The Kier molecular flexibility index (Phi) is 4.92. The number of carbonyl (C=O) groups is 2. The van der Waals surface area contributed by atoms with Crippen molar-refractivity contribution in [2.75, 3.05) is 19.6 Å². The van der Waals surface area contributed by atoms with Gasteiger partial charge in [0, 0.05) is 32.6 Å². The number of rotatable bonds is 6. The van der Waals surface area contributed by atoms with E-state index in [1.54, 1.807) is 0 Å². The molecule has 1 aromatic carbocycles. The molecule has 0 unspecified atom stereocenters. The molecule has 2 amide bonds. The fourth-order valence-corrected chi connectivity index (χ4v) is 1.80. The van der Waals surface area contributed by atoms with Gasteiger partial charge in [-0.25, -0.2) is 0 Å². The van der Waals surface area contributed by atoms with E-state index in [1.807, 2.05) is 30.3 Å². The van der Waals surface area contributed by atoms with E-state index in [4.69, 9.17) is 0 Å². The lowest BCUT2D eigenvalue weighted by Gasteiger charge is -2.25. The molecule has 0 aromatic heterocycles. The van der Waals surface area contributed by atoms with E-state index in [1.165, 1.54) is 0 Å². The molecule has 2 rings (SSSR count). The largest absolute Gasteiger partial charge is 0.355 e. The second-order valence-corrected chi connectivity index (χ2v) is 4.66. The van der Waals surface area contributed by atoms with E-state index in [-0.39, 0.29) is 17.7 Å². The third kappa shape index (κ3) is 4.37. The highest BCUT2D eigenvalue weighted by atomic mass is 16.2. The molecule has 1 aromatic rings. The predicted octanol–water partition coefficient (Wildman–Crippen LogP) is 0.0285. The summed E-state index contributed by atoms with van der Waals surface area (Å²) in [5.74, 6) is 0.0675. The van der Waals surface area contributed by atoms with Gasteiger partial charge in [0.25, 0.3) is 0 Å². The van der Waals surface area contributed by atoms with E-state index in [9.17, 15) is 9.59 Å². The summed E-state index contributed by atoms with van der Waals surface area (Å²) in [6.07, 6.45) is 0.318. The Balaban J connectivity index is 1.58. The second kappa shape index (κ2) is 6.89. The molecule has 0 atom stereocenters. The van der Waals surface area contributed by atoms with Crippen molar-refractivity contribution in [1.29, 1.82) is 0 Å². The monoisotopic (exact) mass is 261 g/mol. The molecule has 1 aliphatic heterocycles. The van der Waals surface area contributed by atoms with E-state index >= 15 is 0 Å². The molecular weight excluding hydrogens is 242 g/mol. The van der Waals surface area contributed by atoms with Crippen LogP contribution in [0.3, 0.4) is 0 Å². The van der Waals surface area contributed by atoms with Crippen molar-refractivity contribution in [2.45, 2.75) is 13.0 Å². The molecule has 5 heteroatoms. The average molecular weight is 261 g/mol. The van der Waals surface area contributed by atoms with Crippen LogP contribution in [0, 0.1) is 5.92 Å². The molecule has 0 radical (unpaired) electrons. The van der Waals surface area contributed by atoms with Crippen LogP contribution in [0.15, 0.2) is 30.3 Å². The number of carbonyl (C=O) groups excluding carboxylic acids is 2. The minimum Gasteiger partial charge on any atom is -0.355 e. The van der Waals surface area contributed by atoms with Crippen LogP contribution in [0.2, 0.25) is 0 Å². The second-order valence-electron chi connectivity index (χ2n) is 4.66. The van der Waals surface area contributed by atoms with Gasteiger partial charge in [-0.2, -0.15) is 0 Å². The van der Waals surface area contributed by atoms with Crippen molar-refractivity contribution in [1.82, 2.24) is 16.0 Å². The van der Waals surface area contributed by atoms with Crippen molar-refractivity contribution in [3.05, 3.63) is 35.9 Å². The number of hydrogen-bond donors (Lipinski definition) is 3. The molecule has 3 N–H and O–H groups in total. The van der Waals surface area contributed by atoms with Crippen LogP contribution in [-0.2, 0) is 16.1 Å². The molecule has 0 saturated carbocycles. The fraction of sp³-hybridized carbons (Fsp3) is 0.429. The highest BCUT2D eigenvalue weighted by Crippen LogP contribution is 2.01. The van der Waals surface area contributed by atoms with E-state index < -0.39 is 0 Å². The minimum atomic E-state index is -0.0455. The van der Waals surface area contributed by atoms with Crippen LogP contribution < -0.4 is 16.0 Å². The van der Waals surface area contributed by atoms with Crippen molar-refractivity contribution in [2.24, 2.45) is 5.92 Å². The first-order chi connectivity index (χ1) is 9.25. The van der Waals surface area contributed by atoms with Gasteiger partial charge >= 0.3 is 0 Å². The third-order valence-electron chi connectivity index (χ3n) is 3.14. The third-order valence-corrected chi connectivity index (χ3v) is 3.14. The maximum absolute atomic E-state index is 11.6. The zero-order valence-electron chi connectivity index (χ0n) is 10.8. The zero-order chi connectivity index (χ0) is 13.5. The summed E-state index contributed by atoms with van der Waals surface area (Å²) in [6, 6.07) is 9.75. The SMILES string of the molecule is O=C(CCNC(=O)C1CNC1)NCc1ccccc1. The van der Waals surface area contributed by atoms with Crippen LogP contribution in [0.4, 0.5) is 0 Å². The standard InChI is InChI=1S/C14H19N3O2/c18-13(17-8-11-4-2-1-3-5-11)6-7-16-14(19)12-9-15-10-12/h1-5,12,15H,6-10H2,(H,16,19)(H,17,18). The highest BCUT2D eigenvalue weighted by molar-refractivity contribution is 5.81. The van der Waals surface area contributed by atoms with Gasteiger partial charge in [-0.3, -0.25) is 9.59 Å². The fourth-order valence-electron chi connectivity index (χ4n) is 1.80. The van der Waals surface area contributed by atoms with Crippen molar-refractivity contribution in [3.8, 4) is 0 Å². The molecule has 1 fully saturated rings. The summed E-state index contributed by atoms with van der Waals surface area (Å²) in [7, 11) is 0. The highest BCUT2D eigenvalue weighted by Gasteiger charge is 2.24. The van der Waals surface area contributed by atoms with Crippen molar-refractivity contribution >= 4 is 11.8 Å². The van der Waals surface area contributed by atoms with E-state index in [0.717, 1.165) is 18.7 Å². The summed E-state index contributed by atoms with van der Waals surface area (Å²) < 4.78 is 0. The molecule has 0 bridgehead atoms. The van der Waals surface area contributed by atoms with Gasteiger partial charge in [-0.15, -0.1) is 0 Å². The summed E-state index contributed by atoms with van der Waals surface area (Å²) in [6.45, 7) is 2.41. The van der Waals surface area contributed by atoms with Crippen molar-refractivity contribution in [3.63, 3.8) is 0 Å². The van der Waals surface area contributed by atoms with Crippen LogP contribution in [0.5, 0.6) is 0 Å². The molecule has 1 aliphatic rings. The Morgan fingerprint density at radius 1 is 1.16 bits per heavy atom. The van der Waals surface area contributed by atoms with Gasteiger partial charge in [0.05, 0.1) is 5.92 Å². The average Bonchev–Trinajstić information content (AvgIpc) is 2.35. The Labute approximate surface area is 112 Å². The summed E-state index contributed by atoms with van der Waals surface area (Å²) in [5, 5.41) is 8.64. The Bertz CT molecular complexity index is 430. The lowest BCUT2D eigenvalue weighted by Crippen LogP contribution is -2.51.